The van der Waals surface area contributed by atoms with Gasteiger partial charge in [0.15, 0.2) is 0 Å². The lowest BCUT2D eigenvalue weighted by atomic mass is 10.3. The van der Waals surface area contributed by atoms with Crippen LogP contribution in [0.3, 0.4) is 0 Å². The first-order valence-electron chi connectivity index (χ1n) is 5.05. The molecule has 1 radical (unpaired) electrons. The van der Waals surface area contributed by atoms with Gasteiger partial charge in [-0.2, -0.15) is 0 Å². The van der Waals surface area contributed by atoms with Gasteiger partial charge in [0, 0.05) is 13.1 Å². The molecule has 0 N–H and O–H groups in total. The van der Waals surface area contributed by atoms with E-state index in [1.807, 2.05) is 6.08 Å². The largest absolute Gasteiger partial charge is 0.303 e. The third kappa shape index (κ3) is 5.06. The van der Waals surface area contributed by atoms with Crippen LogP contribution in [0.1, 0.15) is 20.8 Å². The number of hydrogen-bond donors (Lipinski definition) is 0. The number of nitrogens with zero attached hydrogens (tertiary/aromatic N) is 2. The molecule has 0 atom stereocenters. The second-order valence-corrected chi connectivity index (χ2v) is 3.29. The quantitative estimate of drug-likeness (QED) is 0.595. The summed E-state index contributed by atoms with van der Waals surface area (Å²) >= 11 is 0. The Balaban J connectivity index is 3.67. The lowest BCUT2D eigenvalue weighted by Crippen LogP contribution is -2.33. The van der Waals surface area contributed by atoms with Crippen LogP contribution in [0.4, 0.5) is 0 Å². The van der Waals surface area contributed by atoms with Crippen LogP contribution in [0.2, 0.25) is 0 Å². The molecule has 0 unspecified atom stereocenters. The SMILES string of the molecule is C=C[C](C)N(C)CCN(CC)CC. The second kappa shape index (κ2) is 7.10. The van der Waals surface area contributed by atoms with Crippen molar-refractivity contribution in [1.82, 2.24) is 9.80 Å². The van der Waals surface area contributed by atoms with Gasteiger partial charge in [-0.1, -0.05) is 19.9 Å². The highest BCUT2D eigenvalue weighted by Gasteiger charge is 2.06. The molecule has 0 heterocycles. The van der Waals surface area contributed by atoms with Gasteiger partial charge in [-0.05, 0) is 27.1 Å². The monoisotopic (exact) mass is 183 g/mol. The summed E-state index contributed by atoms with van der Waals surface area (Å²) in [6, 6.07) is 1.24. The summed E-state index contributed by atoms with van der Waals surface area (Å²) in [7, 11) is 2.11. The molecule has 0 aromatic rings. The summed E-state index contributed by atoms with van der Waals surface area (Å²) in [5.74, 6) is 0. The van der Waals surface area contributed by atoms with E-state index in [1.165, 1.54) is 6.04 Å². The molecule has 0 aliphatic carbocycles. The molecule has 0 aromatic carbocycles. The van der Waals surface area contributed by atoms with E-state index >= 15 is 0 Å². The Morgan fingerprint density at radius 2 is 1.77 bits per heavy atom. The van der Waals surface area contributed by atoms with Gasteiger partial charge in [-0.25, -0.2) is 0 Å². The fraction of sp³-hybridized carbons (Fsp3) is 0.727. The molecular weight excluding hydrogens is 160 g/mol. The lowest BCUT2D eigenvalue weighted by molar-refractivity contribution is 0.253. The Morgan fingerprint density at radius 3 is 2.15 bits per heavy atom. The maximum atomic E-state index is 3.76. The molecular formula is C11H23N2. The van der Waals surface area contributed by atoms with Crippen molar-refractivity contribution in [2.24, 2.45) is 0 Å². The van der Waals surface area contributed by atoms with Gasteiger partial charge in [0.05, 0.1) is 6.04 Å². The van der Waals surface area contributed by atoms with Crippen molar-refractivity contribution in [3.05, 3.63) is 18.7 Å². The van der Waals surface area contributed by atoms with Crippen molar-refractivity contribution in [3.8, 4) is 0 Å². The number of likely N-dealkylation sites (N-methyl/N-ethyl adjacent to an activating group) is 2. The molecule has 0 saturated carbocycles. The highest BCUT2D eigenvalue weighted by atomic mass is 15.2. The zero-order valence-electron chi connectivity index (χ0n) is 9.51. The maximum Gasteiger partial charge on any atom is 0.0576 e. The minimum absolute atomic E-state index is 1.08. The van der Waals surface area contributed by atoms with Crippen LogP contribution >= 0.6 is 0 Å². The summed E-state index contributed by atoms with van der Waals surface area (Å²) in [5.41, 5.74) is 0. The summed E-state index contributed by atoms with van der Waals surface area (Å²) < 4.78 is 0. The van der Waals surface area contributed by atoms with Crippen molar-refractivity contribution >= 4 is 0 Å². The van der Waals surface area contributed by atoms with Gasteiger partial charge < -0.3 is 4.90 Å². The molecule has 0 amide bonds. The van der Waals surface area contributed by atoms with Gasteiger partial charge >= 0.3 is 0 Å². The van der Waals surface area contributed by atoms with Crippen LogP contribution in [-0.2, 0) is 0 Å². The van der Waals surface area contributed by atoms with Gasteiger partial charge in [0.25, 0.3) is 0 Å². The van der Waals surface area contributed by atoms with Crippen LogP contribution in [0.15, 0.2) is 12.7 Å². The second-order valence-electron chi connectivity index (χ2n) is 3.29. The Hall–Kier alpha value is -0.340. The van der Waals surface area contributed by atoms with Gasteiger partial charge in [-0.15, -0.1) is 6.58 Å². The minimum Gasteiger partial charge on any atom is -0.303 e. The van der Waals surface area contributed by atoms with E-state index in [0.29, 0.717) is 0 Å². The molecule has 0 fully saturated rings. The first-order valence-corrected chi connectivity index (χ1v) is 5.05. The van der Waals surface area contributed by atoms with E-state index in [0.717, 1.165) is 26.2 Å². The fourth-order valence-corrected chi connectivity index (χ4v) is 1.16. The Bertz CT molecular complexity index is 130. The van der Waals surface area contributed by atoms with Crippen molar-refractivity contribution in [3.63, 3.8) is 0 Å². The van der Waals surface area contributed by atoms with E-state index in [1.54, 1.807) is 0 Å². The van der Waals surface area contributed by atoms with Crippen molar-refractivity contribution in [2.45, 2.75) is 20.8 Å². The molecule has 0 aromatic heterocycles. The standard InChI is InChI=1S/C11H23N2/c1-6-11(4)12(5)9-10-13(7-2)8-3/h6H,1,7-10H2,2-5H3. The summed E-state index contributed by atoms with van der Waals surface area (Å²) in [6.45, 7) is 14.7. The predicted molar refractivity (Wildman–Crippen MR) is 59.5 cm³/mol. The van der Waals surface area contributed by atoms with Crippen LogP contribution in [0.5, 0.6) is 0 Å². The Kier molecular flexibility index (Phi) is 6.92. The normalized spacial score (nSPS) is 11.6. The minimum atomic E-state index is 1.08. The van der Waals surface area contributed by atoms with Crippen LogP contribution in [0.25, 0.3) is 0 Å². The maximum absolute atomic E-state index is 3.76. The molecule has 2 heteroatoms. The Labute approximate surface area is 83.2 Å². The molecule has 0 bridgehead atoms. The predicted octanol–water partition coefficient (Wildman–Crippen LogP) is 2.00. The van der Waals surface area contributed by atoms with E-state index in [-0.39, 0.29) is 0 Å². The van der Waals surface area contributed by atoms with Crippen LogP contribution in [0, 0.1) is 6.04 Å². The van der Waals surface area contributed by atoms with Crippen molar-refractivity contribution < 1.29 is 0 Å². The molecule has 0 rings (SSSR count). The van der Waals surface area contributed by atoms with E-state index in [4.69, 9.17) is 0 Å². The fourth-order valence-electron chi connectivity index (χ4n) is 1.16. The van der Waals surface area contributed by atoms with Crippen molar-refractivity contribution in [2.75, 3.05) is 33.2 Å². The smallest absolute Gasteiger partial charge is 0.0576 e. The first-order chi connectivity index (χ1) is 6.15. The molecule has 77 valence electrons. The van der Waals surface area contributed by atoms with Crippen molar-refractivity contribution in [1.29, 1.82) is 0 Å². The van der Waals surface area contributed by atoms with Gasteiger partial charge in [0.2, 0.25) is 0 Å². The first kappa shape index (κ1) is 12.7. The molecule has 2 nitrogen and oxygen atoms in total. The average Bonchev–Trinajstić information content (AvgIpc) is 2.17. The highest BCUT2D eigenvalue weighted by Crippen LogP contribution is 2.04. The summed E-state index contributed by atoms with van der Waals surface area (Å²) in [5, 5.41) is 0. The lowest BCUT2D eigenvalue weighted by Gasteiger charge is -2.25. The molecule has 0 spiro atoms. The molecule has 0 aliphatic heterocycles. The molecule has 0 saturated heterocycles. The van der Waals surface area contributed by atoms with E-state index in [9.17, 15) is 0 Å². The van der Waals surface area contributed by atoms with Crippen LogP contribution in [-0.4, -0.2) is 43.0 Å². The van der Waals surface area contributed by atoms with Crippen LogP contribution < -0.4 is 0 Å². The number of hydrogen-bond acceptors (Lipinski definition) is 2. The number of rotatable bonds is 7. The third-order valence-electron chi connectivity index (χ3n) is 2.54. The third-order valence-corrected chi connectivity index (χ3v) is 2.54. The highest BCUT2D eigenvalue weighted by molar-refractivity contribution is 5.00. The zero-order valence-corrected chi connectivity index (χ0v) is 9.51. The zero-order chi connectivity index (χ0) is 10.3. The summed E-state index contributed by atoms with van der Waals surface area (Å²) in [6.07, 6.45) is 1.90. The van der Waals surface area contributed by atoms with E-state index < -0.39 is 0 Å². The average molecular weight is 183 g/mol. The Morgan fingerprint density at radius 1 is 1.23 bits per heavy atom. The molecule has 0 aliphatic rings. The van der Waals surface area contributed by atoms with E-state index in [2.05, 4.69) is 44.2 Å². The molecule has 13 heavy (non-hydrogen) atoms. The summed E-state index contributed by atoms with van der Waals surface area (Å²) in [4.78, 5) is 4.66. The van der Waals surface area contributed by atoms with Gasteiger partial charge in [0.1, 0.15) is 0 Å². The topological polar surface area (TPSA) is 6.48 Å². The van der Waals surface area contributed by atoms with Gasteiger partial charge in [-0.3, -0.25) is 4.90 Å².